The number of para-hydroxylation sites is 1. The SMILES string of the molecule is Cl.Cl.NC1C2CCCC1CC(C(=O)N1CCN(c3ccccc3Cl)CC1)C2. The molecule has 2 atom stereocenters. The lowest BCUT2D eigenvalue weighted by Crippen LogP contribution is -2.53. The van der Waals surface area contributed by atoms with Gasteiger partial charge in [-0.3, -0.25) is 4.79 Å². The van der Waals surface area contributed by atoms with Crippen LogP contribution in [0.25, 0.3) is 0 Å². The first-order valence-corrected chi connectivity index (χ1v) is 10.0. The van der Waals surface area contributed by atoms with Crippen molar-refractivity contribution in [2.45, 2.75) is 38.1 Å². The van der Waals surface area contributed by atoms with Gasteiger partial charge in [0, 0.05) is 38.1 Å². The molecular weight excluding hydrogens is 405 g/mol. The molecule has 2 aliphatic carbocycles. The lowest BCUT2D eigenvalue weighted by Gasteiger charge is -2.45. The Hall–Kier alpha value is -0.680. The fraction of sp³-hybridized carbons (Fsp3) is 0.650. The second-order valence-corrected chi connectivity index (χ2v) is 8.37. The van der Waals surface area contributed by atoms with Gasteiger partial charge in [0.25, 0.3) is 0 Å². The van der Waals surface area contributed by atoms with Gasteiger partial charge in [0.1, 0.15) is 0 Å². The lowest BCUT2D eigenvalue weighted by atomic mass is 9.65. The first-order valence-electron chi connectivity index (χ1n) is 9.67. The van der Waals surface area contributed by atoms with Crippen molar-refractivity contribution in [2.75, 3.05) is 31.1 Å². The van der Waals surface area contributed by atoms with Gasteiger partial charge in [-0.05, 0) is 49.7 Å². The number of piperazine rings is 1. The fourth-order valence-corrected chi connectivity index (χ4v) is 5.38. The summed E-state index contributed by atoms with van der Waals surface area (Å²) in [4.78, 5) is 17.4. The Balaban J connectivity index is 0.00000131. The summed E-state index contributed by atoms with van der Waals surface area (Å²) in [5, 5.41) is 0.788. The smallest absolute Gasteiger partial charge is 0.225 e. The third-order valence-electron chi connectivity index (χ3n) is 6.55. The Labute approximate surface area is 179 Å². The first-order chi connectivity index (χ1) is 12.1. The van der Waals surface area contributed by atoms with Crippen LogP contribution < -0.4 is 10.6 Å². The number of carbonyl (C=O) groups is 1. The van der Waals surface area contributed by atoms with Gasteiger partial charge in [0.05, 0.1) is 10.7 Å². The van der Waals surface area contributed by atoms with E-state index in [1.54, 1.807) is 0 Å². The summed E-state index contributed by atoms with van der Waals surface area (Å²) in [6.45, 7) is 3.30. The molecular formula is C20H30Cl3N3O. The van der Waals surface area contributed by atoms with E-state index in [4.69, 9.17) is 17.3 Å². The number of hydrogen-bond donors (Lipinski definition) is 1. The molecule has 1 saturated heterocycles. The van der Waals surface area contributed by atoms with Crippen molar-refractivity contribution in [3.05, 3.63) is 29.3 Å². The topological polar surface area (TPSA) is 49.6 Å². The lowest BCUT2D eigenvalue weighted by molar-refractivity contribution is -0.138. The van der Waals surface area contributed by atoms with Crippen LogP contribution in [0.1, 0.15) is 32.1 Å². The summed E-state index contributed by atoms with van der Waals surface area (Å²) in [6.07, 6.45) is 5.71. The van der Waals surface area contributed by atoms with Crippen molar-refractivity contribution in [3.63, 3.8) is 0 Å². The van der Waals surface area contributed by atoms with Crippen LogP contribution in [-0.4, -0.2) is 43.0 Å². The maximum atomic E-state index is 13.0. The van der Waals surface area contributed by atoms with E-state index in [-0.39, 0.29) is 30.7 Å². The van der Waals surface area contributed by atoms with Crippen LogP contribution in [0.4, 0.5) is 5.69 Å². The van der Waals surface area contributed by atoms with Crippen molar-refractivity contribution in [1.29, 1.82) is 0 Å². The largest absolute Gasteiger partial charge is 0.367 e. The molecule has 2 N–H and O–H groups in total. The number of fused-ring (bicyclic) bond motifs is 2. The number of amides is 1. The van der Waals surface area contributed by atoms with E-state index >= 15 is 0 Å². The van der Waals surface area contributed by atoms with Gasteiger partial charge in [-0.25, -0.2) is 0 Å². The molecule has 2 saturated carbocycles. The van der Waals surface area contributed by atoms with Crippen LogP contribution in [0, 0.1) is 17.8 Å². The highest BCUT2D eigenvalue weighted by molar-refractivity contribution is 6.33. The molecule has 3 aliphatic rings. The van der Waals surface area contributed by atoms with Crippen LogP contribution >= 0.6 is 36.4 Å². The van der Waals surface area contributed by atoms with Crippen LogP contribution in [0.3, 0.4) is 0 Å². The Bertz CT molecular complexity index is 623. The zero-order chi connectivity index (χ0) is 17.4. The minimum absolute atomic E-state index is 0. The van der Waals surface area contributed by atoms with E-state index in [1.807, 2.05) is 18.2 Å². The van der Waals surface area contributed by atoms with E-state index < -0.39 is 0 Å². The summed E-state index contributed by atoms with van der Waals surface area (Å²) in [6, 6.07) is 8.29. The Morgan fingerprint density at radius 3 is 2.19 bits per heavy atom. The number of rotatable bonds is 2. The molecule has 2 unspecified atom stereocenters. The monoisotopic (exact) mass is 433 g/mol. The molecule has 1 aliphatic heterocycles. The van der Waals surface area contributed by atoms with Crippen molar-refractivity contribution in [3.8, 4) is 0 Å². The zero-order valence-electron chi connectivity index (χ0n) is 15.6. The number of carbonyl (C=O) groups excluding carboxylic acids is 1. The number of nitrogens with zero attached hydrogens (tertiary/aromatic N) is 2. The van der Waals surface area contributed by atoms with E-state index in [2.05, 4.69) is 15.9 Å². The number of anilines is 1. The maximum absolute atomic E-state index is 13.0. The van der Waals surface area contributed by atoms with Gasteiger partial charge < -0.3 is 15.5 Å². The molecule has 4 nitrogen and oxygen atoms in total. The second-order valence-electron chi connectivity index (χ2n) is 7.96. The second kappa shape index (κ2) is 9.69. The molecule has 7 heteroatoms. The molecule has 4 rings (SSSR count). The molecule has 27 heavy (non-hydrogen) atoms. The first kappa shape index (κ1) is 22.6. The van der Waals surface area contributed by atoms with Crippen molar-refractivity contribution >= 4 is 48.0 Å². The molecule has 0 radical (unpaired) electrons. The maximum Gasteiger partial charge on any atom is 0.225 e. The van der Waals surface area contributed by atoms with E-state index in [9.17, 15) is 4.79 Å². The van der Waals surface area contributed by atoms with Crippen LogP contribution in [0.2, 0.25) is 5.02 Å². The Kier molecular flexibility index (Phi) is 8.11. The molecule has 152 valence electrons. The highest BCUT2D eigenvalue weighted by atomic mass is 35.5. The minimum atomic E-state index is 0. The van der Waals surface area contributed by atoms with E-state index in [0.717, 1.165) is 49.7 Å². The van der Waals surface area contributed by atoms with Crippen LogP contribution in [-0.2, 0) is 4.79 Å². The summed E-state index contributed by atoms with van der Waals surface area (Å²) >= 11 is 6.31. The highest BCUT2D eigenvalue weighted by Crippen LogP contribution is 2.42. The van der Waals surface area contributed by atoms with E-state index in [1.165, 1.54) is 19.3 Å². The third kappa shape index (κ3) is 4.67. The minimum Gasteiger partial charge on any atom is -0.367 e. The third-order valence-corrected chi connectivity index (χ3v) is 6.87. The predicted octanol–water partition coefficient (Wildman–Crippen LogP) is 3.99. The van der Waals surface area contributed by atoms with Gasteiger partial charge in [-0.15, -0.1) is 24.8 Å². The number of halogens is 3. The normalized spacial score (nSPS) is 30.1. The standard InChI is InChI=1S/C20H28ClN3O.2ClH/c21-17-6-1-2-7-18(17)23-8-10-24(11-9-23)20(25)16-12-14-4-3-5-15(13-16)19(14)22;;/h1-2,6-7,14-16,19H,3-5,8-13,22H2;2*1H. The number of benzene rings is 1. The van der Waals surface area contributed by atoms with Gasteiger partial charge >= 0.3 is 0 Å². The average molecular weight is 435 g/mol. The number of hydrogen-bond acceptors (Lipinski definition) is 3. The molecule has 1 heterocycles. The van der Waals surface area contributed by atoms with Crippen molar-refractivity contribution in [1.82, 2.24) is 4.90 Å². The summed E-state index contributed by atoms with van der Waals surface area (Å²) in [5.41, 5.74) is 7.46. The van der Waals surface area contributed by atoms with Crippen molar-refractivity contribution in [2.24, 2.45) is 23.5 Å². The fourth-order valence-electron chi connectivity index (χ4n) is 5.12. The number of nitrogens with two attached hydrogens (primary N) is 1. The van der Waals surface area contributed by atoms with Crippen molar-refractivity contribution < 1.29 is 4.79 Å². The van der Waals surface area contributed by atoms with Gasteiger partial charge in [-0.1, -0.05) is 30.2 Å². The predicted molar refractivity (Wildman–Crippen MR) is 116 cm³/mol. The Morgan fingerprint density at radius 2 is 1.59 bits per heavy atom. The molecule has 3 fully saturated rings. The van der Waals surface area contributed by atoms with Crippen LogP contribution in [0.5, 0.6) is 0 Å². The van der Waals surface area contributed by atoms with Gasteiger partial charge in [0.15, 0.2) is 0 Å². The summed E-state index contributed by atoms with van der Waals surface area (Å²) in [5.74, 6) is 1.68. The van der Waals surface area contributed by atoms with Gasteiger partial charge in [0.2, 0.25) is 5.91 Å². The molecule has 1 aromatic carbocycles. The zero-order valence-corrected chi connectivity index (χ0v) is 17.9. The van der Waals surface area contributed by atoms with Gasteiger partial charge in [-0.2, -0.15) is 0 Å². The average Bonchev–Trinajstić information content (AvgIpc) is 2.61. The van der Waals surface area contributed by atoms with E-state index in [0.29, 0.717) is 23.8 Å². The summed E-state index contributed by atoms with van der Waals surface area (Å²) in [7, 11) is 0. The van der Waals surface area contributed by atoms with Crippen LogP contribution in [0.15, 0.2) is 24.3 Å². The molecule has 0 spiro atoms. The highest BCUT2D eigenvalue weighted by Gasteiger charge is 2.41. The Morgan fingerprint density at radius 1 is 1.00 bits per heavy atom. The molecule has 2 bridgehead atoms. The molecule has 1 amide bonds. The molecule has 0 aromatic heterocycles. The summed E-state index contributed by atoms with van der Waals surface area (Å²) < 4.78 is 0. The molecule has 1 aromatic rings. The quantitative estimate of drug-likeness (QED) is 0.766.